The maximum atomic E-state index is 13.8. The number of nitrogens with one attached hydrogen (secondary N) is 1. The summed E-state index contributed by atoms with van der Waals surface area (Å²) in [5.41, 5.74) is 0.772. The SMILES string of the molecule is Cc1c(C(=O)Nc2nn(Cc3ccccc3F)cc2Br)cccc1[N+](=O)[O-]. The molecule has 0 atom stereocenters. The molecule has 0 saturated carbocycles. The summed E-state index contributed by atoms with van der Waals surface area (Å²) in [6.07, 6.45) is 1.61. The number of nitrogens with zero attached hydrogens (tertiary/aromatic N) is 3. The van der Waals surface area contributed by atoms with E-state index in [-0.39, 0.29) is 35.0 Å². The van der Waals surface area contributed by atoms with Crippen LogP contribution < -0.4 is 5.32 Å². The molecule has 0 saturated heterocycles. The van der Waals surface area contributed by atoms with Crippen LogP contribution in [0.4, 0.5) is 15.9 Å². The molecule has 3 rings (SSSR count). The molecule has 0 aliphatic rings. The molecule has 3 aromatic rings. The van der Waals surface area contributed by atoms with E-state index in [9.17, 15) is 19.3 Å². The van der Waals surface area contributed by atoms with Gasteiger partial charge in [0.25, 0.3) is 11.6 Å². The number of halogens is 2. The molecule has 27 heavy (non-hydrogen) atoms. The minimum Gasteiger partial charge on any atom is -0.304 e. The summed E-state index contributed by atoms with van der Waals surface area (Å²) in [6, 6.07) is 10.6. The number of carbonyl (C=O) groups is 1. The van der Waals surface area contributed by atoms with Crippen LogP contribution in [0.25, 0.3) is 0 Å². The Balaban J connectivity index is 1.82. The van der Waals surface area contributed by atoms with Crippen LogP contribution in [0.15, 0.2) is 53.1 Å². The highest BCUT2D eigenvalue weighted by molar-refractivity contribution is 9.10. The molecule has 138 valence electrons. The van der Waals surface area contributed by atoms with E-state index in [2.05, 4.69) is 26.3 Å². The molecule has 0 spiro atoms. The van der Waals surface area contributed by atoms with Gasteiger partial charge in [0.15, 0.2) is 5.82 Å². The van der Waals surface area contributed by atoms with E-state index in [1.807, 2.05) is 0 Å². The molecule has 9 heteroatoms. The largest absolute Gasteiger partial charge is 0.304 e. The third-order valence-electron chi connectivity index (χ3n) is 3.99. The van der Waals surface area contributed by atoms with Crippen molar-refractivity contribution in [3.8, 4) is 0 Å². The van der Waals surface area contributed by atoms with Crippen molar-refractivity contribution < 1.29 is 14.1 Å². The Hall–Kier alpha value is -3.07. The van der Waals surface area contributed by atoms with Gasteiger partial charge in [0.1, 0.15) is 5.82 Å². The van der Waals surface area contributed by atoms with Crippen LogP contribution in [0.2, 0.25) is 0 Å². The third-order valence-corrected chi connectivity index (χ3v) is 4.57. The van der Waals surface area contributed by atoms with Crippen LogP contribution in [-0.4, -0.2) is 20.6 Å². The van der Waals surface area contributed by atoms with Gasteiger partial charge in [-0.05, 0) is 35.0 Å². The second-order valence-corrected chi connectivity index (χ2v) is 6.63. The molecule has 7 nitrogen and oxygen atoms in total. The van der Waals surface area contributed by atoms with Gasteiger partial charge in [-0.25, -0.2) is 4.39 Å². The third kappa shape index (κ3) is 4.03. The van der Waals surface area contributed by atoms with Gasteiger partial charge in [0, 0.05) is 29.0 Å². The lowest BCUT2D eigenvalue weighted by molar-refractivity contribution is -0.385. The van der Waals surface area contributed by atoms with E-state index in [0.717, 1.165) is 0 Å². The number of nitro benzene ring substituents is 1. The molecule has 0 aliphatic carbocycles. The van der Waals surface area contributed by atoms with Crippen LogP contribution in [0, 0.1) is 22.9 Å². The molecule has 0 unspecified atom stereocenters. The Morgan fingerprint density at radius 1 is 1.30 bits per heavy atom. The lowest BCUT2D eigenvalue weighted by Gasteiger charge is -2.06. The second-order valence-electron chi connectivity index (χ2n) is 5.78. The van der Waals surface area contributed by atoms with Crippen LogP contribution >= 0.6 is 15.9 Å². The van der Waals surface area contributed by atoms with Crippen LogP contribution in [-0.2, 0) is 6.54 Å². The monoisotopic (exact) mass is 432 g/mol. The summed E-state index contributed by atoms with van der Waals surface area (Å²) in [6.45, 7) is 1.70. The van der Waals surface area contributed by atoms with Crippen molar-refractivity contribution in [1.82, 2.24) is 9.78 Å². The van der Waals surface area contributed by atoms with Crippen molar-refractivity contribution in [3.63, 3.8) is 0 Å². The first-order valence-electron chi connectivity index (χ1n) is 7.88. The summed E-state index contributed by atoms with van der Waals surface area (Å²) in [5.74, 6) is -0.628. The highest BCUT2D eigenvalue weighted by Crippen LogP contribution is 2.25. The van der Waals surface area contributed by atoms with E-state index in [1.54, 1.807) is 24.4 Å². The summed E-state index contributed by atoms with van der Waals surface area (Å²) in [5, 5.41) is 17.9. The summed E-state index contributed by atoms with van der Waals surface area (Å²) in [4.78, 5) is 23.0. The highest BCUT2D eigenvalue weighted by Gasteiger charge is 2.19. The van der Waals surface area contributed by atoms with Crippen LogP contribution in [0.1, 0.15) is 21.5 Å². The van der Waals surface area contributed by atoms with E-state index >= 15 is 0 Å². The summed E-state index contributed by atoms with van der Waals surface area (Å²) < 4.78 is 15.8. The lowest BCUT2D eigenvalue weighted by atomic mass is 10.1. The molecular formula is C18H14BrFN4O3. The van der Waals surface area contributed by atoms with E-state index < -0.39 is 10.8 Å². The molecule has 1 amide bonds. The van der Waals surface area contributed by atoms with Crippen molar-refractivity contribution in [2.45, 2.75) is 13.5 Å². The Labute approximate surface area is 162 Å². The van der Waals surface area contributed by atoms with Crippen molar-refractivity contribution in [3.05, 3.63) is 85.8 Å². The lowest BCUT2D eigenvalue weighted by Crippen LogP contribution is -2.15. The fourth-order valence-electron chi connectivity index (χ4n) is 2.61. The van der Waals surface area contributed by atoms with Crippen molar-refractivity contribution in [1.29, 1.82) is 0 Å². The number of hydrogen-bond donors (Lipinski definition) is 1. The zero-order chi connectivity index (χ0) is 19.6. The number of hydrogen-bond acceptors (Lipinski definition) is 4. The molecule has 0 fully saturated rings. The van der Waals surface area contributed by atoms with Gasteiger partial charge in [-0.1, -0.05) is 24.3 Å². The average molecular weight is 433 g/mol. The van der Waals surface area contributed by atoms with Gasteiger partial charge in [-0.15, -0.1) is 0 Å². The maximum Gasteiger partial charge on any atom is 0.273 e. The van der Waals surface area contributed by atoms with Crippen molar-refractivity contribution in [2.24, 2.45) is 0 Å². The predicted octanol–water partition coefficient (Wildman–Crippen LogP) is 4.30. The maximum absolute atomic E-state index is 13.8. The number of amides is 1. The summed E-state index contributed by atoms with van der Waals surface area (Å²) in [7, 11) is 0. The summed E-state index contributed by atoms with van der Waals surface area (Å²) >= 11 is 3.31. The number of nitro groups is 1. The van der Waals surface area contributed by atoms with Gasteiger partial charge in [0.05, 0.1) is 15.9 Å². The number of carbonyl (C=O) groups excluding carboxylic acids is 1. The molecule has 0 bridgehead atoms. The number of anilines is 1. The first-order chi connectivity index (χ1) is 12.9. The molecule has 0 radical (unpaired) electrons. The van der Waals surface area contributed by atoms with Gasteiger partial charge in [0.2, 0.25) is 0 Å². The van der Waals surface area contributed by atoms with Crippen LogP contribution in [0.5, 0.6) is 0 Å². The van der Waals surface area contributed by atoms with Crippen molar-refractivity contribution >= 4 is 33.3 Å². The number of aromatic nitrogens is 2. The minimum absolute atomic E-state index is 0.133. The van der Waals surface area contributed by atoms with Gasteiger partial charge >= 0.3 is 0 Å². The number of benzene rings is 2. The van der Waals surface area contributed by atoms with Gasteiger partial charge < -0.3 is 5.32 Å². The van der Waals surface area contributed by atoms with Gasteiger partial charge in [-0.2, -0.15) is 5.10 Å². The first-order valence-corrected chi connectivity index (χ1v) is 8.68. The topological polar surface area (TPSA) is 90.1 Å². The molecule has 0 aliphatic heterocycles. The molecule has 1 heterocycles. The zero-order valence-electron chi connectivity index (χ0n) is 14.1. The Morgan fingerprint density at radius 2 is 2.04 bits per heavy atom. The standard InChI is InChI=1S/C18H14BrFN4O3/c1-11-13(6-4-8-16(11)24(26)27)18(25)21-17-14(19)10-23(22-17)9-12-5-2-3-7-15(12)20/h2-8,10H,9H2,1H3,(H,21,22,25). The van der Waals surface area contributed by atoms with Gasteiger partial charge in [-0.3, -0.25) is 19.6 Å². The Bertz CT molecular complexity index is 1040. The zero-order valence-corrected chi connectivity index (χ0v) is 15.7. The minimum atomic E-state index is -0.537. The highest BCUT2D eigenvalue weighted by atomic mass is 79.9. The van der Waals surface area contributed by atoms with E-state index in [1.165, 1.54) is 35.9 Å². The fraction of sp³-hybridized carbons (Fsp3) is 0.111. The first kappa shape index (κ1) is 18.7. The second kappa shape index (κ2) is 7.67. The molecule has 1 aromatic heterocycles. The fourth-order valence-corrected chi connectivity index (χ4v) is 3.02. The van der Waals surface area contributed by atoms with Crippen molar-refractivity contribution in [2.75, 3.05) is 5.32 Å². The average Bonchev–Trinajstić information content (AvgIpc) is 2.96. The molecule has 1 N–H and O–H groups in total. The smallest absolute Gasteiger partial charge is 0.273 e. The van der Waals surface area contributed by atoms with Crippen LogP contribution in [0.3, 0.4) is 0 Å². The number of rotatable bonds is 5. The van der Waals surface area contributed by atoms with E-state index in [4.69, 9.17) is 0 Å². The predicted molar refractivity (Wildman–Crippen MR) is 101 cm³/mol. The Kier molecular flexibility index (Phi) is 5.31. The quantitative estimate of drug-likeness (QED) is 0.480. The van der Waals surface area contributed by atoms with E-state index in [0.29, 0.717) is 10.0 Å². The molecular weight excluding hydrogens is 419 g/mol. The normalized spacial score (nSPS) is 10.6. The molecule has 2 aromatic carbocycles. The Morgan fingerprint density at radius 3 is 2.74 bits per heavy atom.